The Balaban J connectivity index is 0. The SMILES string of the molecule is CCCSSSSCCC.CCO[P+](=O)OCC. The van der Waals surface area contributed by atoms with Crippen LogP contribution < -0.4 is 0 Å². The molecule has 0 saturated carbocycles. The molecule has 0 aromatic heterocycles. The van der Waals surface area contributed by atoms with Crippen molar-refractivity contribution in [1.29, 1.82) is 0 Å². The fraction of sp³-hybridized carbons (Fsp3) is 1.00. The van der Waals surface area contributed by atoms with Crippen LogP contribution in [0.5, 0.6) is 0 Å². The van der Waals surface area contributed by atoms with E-state index in [9.17, 15) is 4.57 Å². The summed E-state index contributed by atoms with van der Waals surface area (Å²) < 4.78 is 19.5. The molecule has 0 rings (SSSR count). The minimum atomic E-state index is -1.83. The summed E-state index contributed by atoms with van der Waals surface area (Å²) in [6.45, 7) is 8.86. The Morgan fingerprint density at radius 2 is 1.22 bits per heavy atom. The molecule has 0 aliphatic carbocycles. The van der Waals surface area contributed by atoms with Gasteiger partial charge in [0.05, 0.1) is 0 Å². The van der Waals surface area contributed by atoms with E-state index in [1.165, 1.54) is 24.3 Å². The molecule has 0 saturated heterocycles. The van der Waals surface area contributed by atoms with Gasteiger partial charge in [-0.1, -0.05) is 35.4 Å². The normalized spacial score (nSPS) is 9.78. The zero-order chi connectivity index (χ0) is 14.1. The van der Waals surface area contributed by atoms with Gasteiger partial charge < -0.3 is 0 Å². The lowest BCUT2D eigenvalue weighted by atomic mass is 10.6. The minimum absolute atomic E-state index is 0.440. The predicted octanol–water partition coefficient (Wildman–Crippen LogP) is 6.20. The molecule has 0 heterocycles. The summed E-state index contributed by atoms with van der Waals surface area (Å²) in [5.41, 5.74) is 0. The molecule has 0 fully saturated rings. The highest BCUT2D eigenvalue weighted by Gasteiger charge is 2.15. The summed E-state index contributed by atoms with van der Waals surface area (Å²) >= 11 is 0. The van der Waals surface area contributed by atoms with E-state index in [-0.39, 0.29) is 0 Å². The summed E-state index contributed by atoms with van der Waals surface area (Å²) in [5, 5.41) is 0. The van der Waals surface area contributed by atoms with E-state index in [1.54, 1.807) is 13.8 Å². The molecule has 0 unspecified atom stereocenters. The molecule has 0 N–H and O–H groups in total. The van der Waals surface area contributed by atoms with Gasteiger partial charge in [-0.25, -0.2) is 0 Å². The van der Waals surface area contributed by atoms with Crippen molar-refractivity contribution < 1.29 is 13.6 Å². The van der Waals surface area contributed by atoms with E-state index in [0.29, 0.717) is 13.2 Å². The van der Waals surface area contributed by atoms with Crippen molar-refractivity contribution in [3.8, 4) is 0 Å². The topological polar surface area (TPSA) is 35.5 Å². The van der Waals surface area contributed by atoms with E-state index in [2.05, 4.69) is 22.9 Å². The lowest BCUT2D eigenvalue weighted by Gasteiger charge is -1.95. The summed E-state index contributed by atoms with van der Waals surface area (Å²) in [6, 6.07) is 0. The molecule has 0 aromatic carbocycles. The maximum Gasteiger partial charge on any atom is 0.697 e. The average Bonchev–Trinajstić information content (AvgIpc) is 2.35. The van der Waals surface area contributed by atoms with Gasteiger partial charge in [0.2, 0.25) is 0 Å². The Kier molecular flexibility index (Phi) is 25.0. The quantitative estimate of drug-likeness (QED) is 0.249. The minimum Gasteiger partial charge on any atom is -0.119 e. The Labute approximate surface area is 128 Å². The van der Waals surface area contributed by atoms with Crippen LogP contribution in [-0.4, -0.2) is 24.7 Å². The first-order valence-corrected chi connectivity index (χ1v) is 12.3. The molecule has 0 aliphatic heterocycles. The Bertz CT molecular complexity index is 159. The van der Waals surface area contributed by atoms with Crippen molar-refractivity contribution in [2.45, 2.75) is 40.5 Å². The molecule has 18 heavy (non-hydrogen) atoms. The van der Waals surface area contributed by atoms with E-state index < -0.39 is 8.25 Å². The van der Waals surface area contributed by atoms with Gasteiger partial charge in [0.25, 0.3) is 0 Å². The molecule has 0 aliphatic rings. The smallest absolute Gasteiger partial charge is 0.119 e. The van der Waals surface area contributed by atoms with Crippen molar-refractivity contribution in [3.05, 3.63) is 0 Å². The second-order valence-corrected chi connectivity index (χ2v) is 10.0. The zero-order valence-corrected chi connectivity index (χ0v) is 15.7. The molecule has 0 bridgehead atoms. The third-order valence-corrected chi connectivity index (χ3v) is 8.98. The number of hydrogen-bond acceptors (Lipinski definition) is 7. The predicted molar refractivity (Wildman–Crippen MR) is 91.5 cm³/mol. The highest BCUT2D eigenvalue weighted by atomic mass is 33.7. The fourth-order valence-corrected chi connectivity index (χ4v) is 7.26. The highest BCUT2D eigenvalue weighted by molar-refractivity contribution is 9.26. The van der Waals surface area contributed by atoms with Crippen molar-refractivity contribution in [3.63, 3.8) is 0 Å². The van der Waals surface area contributed by atoms with E-state index in [4.69, 9.17) is 0 Å². The van der Waals surface area contributed by atoms with Crippen LogP contribution in [0.15, 0.2) is 0 Å². The van der Waals surface area contributed by atoms with Crippen LogP contribution >= 0.6 is 49.5 Å². The largest absolute Gasteiger partial charge is 0.697 e. The molecular weight excluding hydrogens is 327 g/mol. The van der Waals surface area contributed by atoms with Crippen LogP contribution in [0.25, 0.3) is 0 Å². The van der Waals surface area contributed by atoms with Crippen LogP contribution in [0.1, 0.15) is 40.5 Å². The summed E-state index contributed by atoms with van der Waals surface area (Å²) in [5.74, 6) is 2.56. The second-order valence-electron chi connectivity index (χ2n) is 2.84. The lowest BCUT2D eigenvalue weighted by molar-refractivity contribution is 0.243. The third kappa shape index (κ3) is 22.6. The van der Waals surface area contributed by atoms with Crippen LogP contribution in [0.3, 0.4) is 0 Å². The van der Waals surface area contributed by atoms with E-state index >= 15 is 0 Å². The fourth-order valence-electron chi connectivity index (χ4n) is 0.522. The van der Waals surface area contributed by atoms with E-state index in [0.717, 1.165) is 0 Å². The lowest BCUT2D eigenvalue weighted by Crippen LogP contribution is -1.81. The molecule has 110 valence electrons. The van der Waals surface area contributed by atoms with Crippen molar-refractivity contribution in [2.24, 2.45) is 0 Å². The molecule has 8 heteroatoms. The first kappa shape index (κ1) is 21.7. The molecule has 0 amide bonds. The standard InChI is InChI=1S/C6H14S4.C4H10O3P/c1-3-5-7-9-10-8-6-4-2;1-3-6-8(5)7-4-2/h3-6H2,1-2H3;3-4H2,1-2H3/q;+1. The van der Waals surface area contributed by atoms with Gasteiger partial charge in [-0.3, -0.25) is 0 Å². The van der Waals surface area contributed by atoms with Gasteiger partial charge in [-0.05, 0) is 46.3 Å². The maximum atomic E-state index is 10.3. The van der Waals surface area contributed by atoms with Crippen LogP contribution in [0, 0.1) is 0 Å². The molecule has 0 radical (unpaired) electrons. The van der Waals surface area contributed by atoms with Crippen molar-refractivity contribution >= 4 is 49.5 Å². The Hall–Kier alpha value is 1.42. The molecule has 0 spiro atoms. The Morgan fingerprint density at radius 1 is 0.833 bits per heavy atom. The molecule has 3 nitrogen and oxygen atoms in total. The van der Waals surface area contributed by atoms with E-state index in [1.807, 2.05) is 41.2 Å². The molecular formula is C10H24O3PS4+. The van der Waals surface area contributed by atoms with Crippen molar-refractivity contribution in [2.75, 3.05) is 24.7 Å². The third-order valence-electron chi connectivity index (χ3n) is 1.17. The van der Waals surface area contributed by atoms with Crippen LogP contribution in [-0.2, 0) is 13.6 Å². The summed E-state index contributed by atoms with van der Waals surface area (Å²) in [4.78, 5) is 0. The summed E-state index contributed by atoms with van der Waals surface area (Å²) in [7, 11) is 5.92. The van der Waals surface area contributed by atoms with Crippen molar-refractivity contribution in [1.82, 2.24) is 0 Å². The Morgan fingerprint density at radius 3 is 1.50 bits per heavy atom. The van der Waals surface area contributed by atoms with Crippen LogP contribution in [0.4, 0.5) is 0 Å². The highest BCUT2D eigenvalue weighted by Crippen LogP contribution is 2.43. The van der Waals surface area contributed by atoms with Gasteiger partial charge in [0.15, 0.2) is 0 Å². The van der Waals surface area contributed by atoms with Gasteiger partial charge in [0, 0.05) is 16.1 Å². The summed E-state index contributed by atoms with van der Waals surface area (Å²) in [6.07, 6.45) is 2.58. The number of rotatable bonds is 11. The van der Waals surface area contributed by atoms with Gasteiger partial charge >= 0.3 is 8.25 Å². The first-order valence-electron chi connectivity index (χ1n) is 6.03. The van der Waals surface area contributed by atoms with Gasteiger partial charge in [-0.15, -0.1) is 9.05 Å². The number of hydrogen-bond donors (Lipinski definition) is 0. The molecule has 0 atom stereocenters. The van der Waals surface area contributed by atoms with Crippen LogP contribution in [0.2, 0.25) is 0 Å². The van der Waals surface area contributed by atoms with Gasteiger partial charge in [0.1, 0.15) is 13.2 Å². The molecule has 0 aromatic rings. The first-order chi connectivity index (χ1) is 8.72. The average molecular weight is 352 g/mol. The monoisotopic (exact) mass is 351 g/mol. The second kappa shape index (κ2) is 20.7. The van der Waals surface area contributed by atoms with Gasteiger partial charge in [-0.2, -0.15) is 0 Å². The zero-order valence-electron chi connectivity index (χ0n) is 11.5. The maximum absolute atomic E-state index is 10.3.